The molecule has 0 unspecified atom stereocenters. The van der Waals surface area contributed by atoms with Gasteiger partial charge in [0.1, 0.15) is 0 Å². The van der Waals surface area contributed by atoms with Crippen molar-refractivity contribution in [1.29, 1.82) is 0 Å². The molecular formula is C23H18Cl2N4OS. The molecule has 0 saturated heterocycles. The minimum Gasteiger partial charge on any atom is -0.321 e. The molecule has 3 aromatic carbocycles. The van der Waals surface area contributed by atoms with E-state index in [9.17, 15) is 4.79 Å². The summed E-state index contributed by atoms with van der Waals surface area (Å²) < 4.78 is 1.79. The summed E-state index contributed by atoms with van der Waals surface area (Å²) in [5.41, 5.74) is 2.42. The predicted molar refractivity (Wildman–Crippen MR) is 125 cm³/mol. The molecule has 0 aliphatic carbocycles. The van der Waals surface area contributed by atoms with Crippen LogP contribution in [0, 0.1) is 0 Å². The Morgan fingerprint density at radius 3 is 2.42 bits per heavy atom. The first-order chi connectivity index (χ1) is 15.1. The Morgan fingerprint density at radius 1 is 0.935 bits per heavy atom. The van der Waals surface area contributed by atoms with Crippen molar-refractivity contribution in [2.75, 3.05) is 5.32 Å². The van der Waals surface area contributed by atoms with Gasteiger partial charge in [-0.05, 0) is 71.7 Å². The first kappa shape index (κ1) is 21.4. The van der Waals surface area contributed by atoms with Gasteiger partial charge in [0.25, 0.3) is 5.91 Å². The maximum absolute atomic E-state index is 12.6. The molecule has 5 nitrogen and oxygen atoms in total. The Bertz CT molecular complexity index is 1180. The van der Waals surface area contributed by atoms with Crippen LogP contribution >= 0.6 is 35.0 Å². The van der Waals surface area contributed by atoms with Crippen molar-refractivity contribution in [1.82, 2.24) is 14.8 Å². The van der Waals surface area contributed by atoms with Gasteiger partial charge in [0, 0.05) is 22.0 Å². The van der Waals surface area contributed by atoms with Gasteiger partial charge < -0.3 is 5.32 Å². The highest BCUT2D eigenvalue weighted by Crippen LogP contribution is 2.33. The van der Waals surface area contributed by atoms with Crippen molar-refractivity contribution in [3.05, 3.63) is 100 Å². The number of nitrogens with zero attached hydrogens (tertiary/aromatic N) is 3. The number of hydrogen-bond donors (Lipinski definition) is 1. The maximum Gasteiger partial charge on any atom is 0.255 e. The van der Waals surface area contributed by atoms with Crippen molar-refractivity contribution >= 4 is 46.6 Å². The van der Waals surface area contributed by atoms with Gasteiger partial charge in [0.2, 0.25) is 5.28 Å². The standard InChI is InChI=1S/C23H18Cl2N4OS/c24-18-12-10-17(11-13-18)21(30)26-19-8-4-5-9-20(19)31-23-27-22(25)28-29(23)15-14-16-6-2-1-3-7-16/h1-13H,14-15H2,(H,26,30). The number of para-hydroxylation sites is 1. The molecule has 0 radical (unpaired) electrons. The lowest BCUT2D eigenvalue weighted by Gasteiger charge is -2.11. The summed E-state index contributed by atoms with van der Waals surface area (Å²) >= 11 is 13.4. The molecule has 31 heavy (non-hydrogen) atoms. The number of benzene rings is 3. The van der Waals surface area contributed by atoms with Crippen molar-refractivity contribution in [3.63, 3.8) is 0 Å². The van der Waals surface area contributed by atoms with Crippen LogP contribution < -0.4 is 5.32 Å². The monoisotopic (exact) mass is 468 g/mol. The third kappa shape index (κ3) is 5.67. The smallest absolute Gasteiger partial charge is 0.255 e. The molecule has 0 atom stereocenters. The van der Waals surface area contributed by atoms with Crippen LogP contribution in [-0.4, -0.2) is 20.7 Å². The summed E-state index contributed by atoms with van der Waals surface area (Å²) in [5.74, 6) is -0.215. The third-order valence-corrected chi connectivity index (χ3v) is 5.98. The summed E-state index contributed by atoms with van der Waals surface area (Å²) in [6, 6.07) is 24.5. The van der Waals surface area contributed by atoms with Crippen LogP contribution in [0.15, 0.2) is 88.9 Å². The number of nitrogens with one attached hydrogen (secondary N) is 1. The second-order valence-electron chi connectivity index (χ2n) is 6.68. The number of amides is 1. The second-order valence-corrected chi connectivity index (χ2v) is 8.46. The summed E-state index contributed by atoms with van der Waals surface area (Å²) in [5, 5.41) is 8.71. The van der Waals surface area contributed by atoms with Crippen molar-refractivity contribution in [2.24, 2.45) is 0 Å². The van der Waals surface area contributed by atoms with E-state index in [2.05, 4.69) is 27.5 Å². The Labute approximate surface area is 194 Å². The number of aryl methyl sites for hydroxylation is 2. The fourth-order valence-electron chi connectivity index (χ4n) is 2.96. The molecule has 8 heteroatoms. The molecule has 0 fully saturated rings. The zero-order chi connectivity index (χ0) is 21.6. The maximum atomic E-state index is 12.6. The highest BCUT2D eigenvalue weighted by atomic mass is 35.5. The topological polar surface area (TPSA) is 59.8 Å². The molecule has 0 aliphatic rings. The van der Waals surface area contributed by atoms with Gasteiger partial charge >= 0.3 is 0 Å². The highest BCUT2D eigenvalue weighted by molar-refractivity contribution is 7.99. The van der Waals surface area contributed by atoms with E-state index in [0.717, 1.165) is 11.3 Å². The van der Waals surface area contributed by atoms with Gasteiger partial charge in [-0.15, -0.1) is 5.10 Å². The normalized spacial score (nSPS) is 10.8. The lowest BCUT2D eigenvalue weighted by Crippen LogP contribution is -2.12. The molecule has 1 aromatic heterocycles. The van der Waals surface area contributed by atoms with Crippen LogP contribution in [0.25, 0.3) is 0 Å². The van der Waals surface area contributed by atoms with Gasteiger partial charge in [-0.25, -0.2) is 4.68 Å². The fraction of sp³-hybridized carbons (Fsp3) is 0.0870. The molecule has 0 bridgehead atoms. The Balaban J connectivity index is 1.51. The summed E-state index contributed by atoms with van der Waals surface area (Å²) in [6.45, 7) is 0.644. The molecule has 0 saturated carbocycles. The first-order valence-corrected chi connectivity index (χ1v) is 11.1. The summed E-state index contributed by atoms with van der Waals surface area (Å²) in [7, 11) is 0. The zero-order valence-corrected chi connectivity index (χ0v) is 18.7. The fourth-order valence-corrected chi connectivity index (χ4v) is 4.24. The van der Waals surface area contributed by atoms with E-state index in [0.29, 0.717) is 28.0 Å². The van der Waals surface area contributed by atoms with Crippen LogP contribution in [0.1, 0.15) is 15.9 Å². The van der Waals surface area contributed by atoms with Crippen LogP contribution in [0.3, 0.4) is 0 Å². The van der Waals surface area contributed by atoms with Crippen LogP contribution in [0.2, 0.25) is 10.3 Å². The molecule has 156 valence electrons. The van der Waals surface area contributed by atoms with E-state index < -0.39 is 0 Å². The minimum absolute atomic E-state index is 0.193. The molecule has 1 N–H and O–H groups in total. The Kier molecular flexibility index (Phi) is 6.92. The number of aromatic nitrogens is 3. The first-order valence-electron chi connectivity index (χ1n) is 9.56. The van der Waals surface area contributed by atoms with E-state index in [1.807, 2.05) is 42.5 Å². The second kappa shape index (κ2) is 10.0. The van der Waals surface area contributed by atoms with E-state index in [-0.39, 0.29) is 11.2 Å². The van der Waals surface area contributed by atoms with Gasteiger partial charge in [-0.3, -0.25) is 4.79 Å². The summed E-state index contributed by atoms with van der Waals surface area (Å²) in [6.07, 6.45) is 0.809. The zero-order valence-electron chi connectivity index (χ0n) is 16.3. The average Bonchev–Trinajstić information content (AvgIpc) is 3.13. The van der Waals surface area contributed by atoms with E-state index in [1.54, 1.807) is 28.9 Å². The minimum atomic E-state index is -0.215. The third-order valence-electron chi connectivity index (χ3n) is 4.51. The lowest BCUT2D eigenvalue weighted by molar-refractivity contribution is 0.102. The van der Waals surface area contributed by atoms with E-state index in [4.69, 9.17) is 23.2 Å². The number of hydrogen-bond acceptors (Lipinski definition) is 4. The van der Waals surface area contributed by atoms with Gasteiger partial charge in [0.15, 0.2) is 5.16 Å². The number of carbonyl (C=O) groups excluding carboxylic acids is 1. The molecule has 0 aliphatic heterocycles. The van der Waals surface area contributed by atoms with Crippen LogP contribution in [0.4, 0.5) is 5.69 Å². The van der Waals surface area contributed by atoms with E-state index >= 15 is 0 Å². The predicted octanol–water partition coefficient (Wildman–Crippen LogP) is 6.23. The van der Waals surface area contributed by atoms with E-state index in [1.165, 1.54) is 17.3 Å². The number of carbonyl (C=O) groups is 1. The van der Waals surface area contributed by atoms with Gasteiger partial charge in [-0.1, -0.05) is 54.1 Å². The average molecular weight is 469 g/mol. The van der Waals surface area contributed by atoms with Crippen LogP contribution in [-0.2, 0) is 13.0 Å². The SMILES string of the molecule is O=C(Nc1ccccc1Sc1nc(Cl)nn1CCc1ccccc1)c1ccc(Cl)cc1. The highest BCUT2D eigenvalue weighted by Gasteiger charge is 2.15. The number of halogens is 2. The molecule has 1 amide bonds. The molecule has 4 aromatic rings. The number of rotatable bonds is 7. The van der Waals surface area contributed by atoms with Crippen molar-refractivity contribution in [3.8, 4) is 0 Å². The van der Waals surface area contributed by atoms with Crippen LogP contribution in [0.5, 0.6) is 0 Å². The van der Waals surface area contributed by atoms with Gasteiger partial charge in [-0.2, -0.15) is 4.98 Å². The Morgan fingerprint density at radius 2 is 1.65 bits per heavy atom. The largest absolute Gasteiger partial charge is 0.321 e. The van der Waals surface area contributed by atoms with Gasteiger partial charge in [0.05, 0.1) is 5.69 Å². The quantitative estimate of drug-likeness (QED) is 0.349. The lowest BCUT2D eigenvalue weighted by atomic mass is 10.2. The molecule has 1 heterocycles. The Hall–Kier alpha value is -2.80. The summed E-state index contributed by atoms with van der Waals surface area (Å²) in [4.78, 5) is 17.8. The molecular weight excluding hydrogens is 451 g/mol. The van der Waals surface area contributed by atoms with Crippen molar-refractivity contribution < 1.29 is 4.79 Å². The number of anilines is 1. The van der Waals surface area contributed by atoms with Crippen molar-refractivity contribution in [2.45, 2.75) is 23.0 Å². The molecule has 0 spiro atoms. The molecule has 4 rings (SSSR count).